The number of nitrogens with zero attached hydrogens (tertiary/aromatic N) is 2. The zero-order valence-electron chi connectivity index (χ0n) is 23.1. The van der Waals surface area contributed by atoms with Gasteiger partial charge < -0.3 is 15.4 Å². The van der Waals surface area contributed by atoms with E-state index in [1.165, 1.54) is 60.9 Å². The van der Waals surface area contributed by atoms with Crippen molar-refractivity contribution in [3.05, 3.63) is 39.9 Å². The summed E-state index contributed by atoms with van der Waals surface area (Å²) >= 11 is 3.13. The lowest BCUT2D eigenvalue weighted by molar-refractivity contribution is -0.384. The summed E-state index contributed by atoms with van der Waals surface area (Å²) in [5.41, 5.74) is 0.0139. The van der Waals surface area contributed by atoms with E-state index < -0.39 is 34.7 Å². The Morgan fingerprint density at radius 2 is 1.82 bits per heavy atom. The SMILES string of the molecule is C[C@@H](NC(=O)[C@@H](CSCC1CCCCC1)NC(=O)[C@@H]1CSCN1C(=O)OC(C)(C)C)c1ccc([N+](=O)[O-])cc1. The van der Waals surface area contributed by atoms with Crippen molar-refractivity contribution in [1.82, 2.24) is 15.5 Å². The normalized spacial score (nSPS) is 19.7. The third kappa shape index (κ3) is 9.59. The van der Waals surface area contributed by atoms with Crippen LogP contribution >= 0.6 is 23.5 Å². The number of carbonyl (C=O) groups excluding carboxylic acids is 3. The number of hydrogen-bond donors (Lipinski definition) is 2. The van der Waals surface area contributed by atoms with Gasteiger partial charge in [0.15, 0.2) is 0 Å². The average molecular weight is 581 g/mol. The monoisotopic (exact) mass is 580 g/mol. The summed E-state index contributed by atoms with van der Waals surface area (Å²) in [7, 11) is 0. The Bertz CT molecular complexity index is 1010. The molecule has 2 N–H and O–H groups in total. The number of benzene rings is 1. The molecule has 12 heteroatoms. The highest BCUT2D eigenvalue weighted by molar-refractivity contribution is 7.99. The van der Waals surface area contributed by atoms with Crippen molar-refractivity contribution in [2.24, 2.45) is 5.92 Å². The molecule has 0 bridgehead atoms. The molecular weight excluding hydrogens is 540 g/mol. The van der Waals surface area contributed by atoms with Crippen LogP contribution in [0.1, 0.15) is 71.4 Å². The molecule has 3 amide bonds. The van der Waals surface area contributed by atoms with Crippen molar-refractivity contribution < 1.29 is 24.0 Å². The minimum Gasteiger partial charge on any atom is -0.444 e. The standard InChI is InChI=1S/C27H40N4O6S2/c1-18(20-10-12-21(13-11-20)31(35)36)28-24(32)22(15-38-14-19-8-6-5-7-9-19)29-25(33)23-16-39-17-30(23)26(34)37-27(2,3)4/h10-13,18-19,22-23H,5-9,14-17H2,1-4H3,(H,28,32)(H,29,33)/t18-,22-,23+/m1/s1. The topological polar surface area (TPSA) is 131 Å². The maximum absolute atomic E-state index is 13.4. The molecular formula is C27H40N4O6S2. The lowest BCUT2D eigenvalue weighted by Crippen LogP contribution is -2.55. The fraction of sp³-hybridized carbons (Fsp3) is 0.667. The number of ether oxygens (including phenoxy) is 1. The average Bonchev–Trinajstić information content (AvgIpc) is 3.38. The Balaban J connectivity index is 1.66. The predicted molar refractivity (Wildman–Crippen MR) is 155 cm³/mol. The number of carbonyl (C=O) groups is 3. The summed E-state index contributed by atoms with van der Waals surface area (Å²) in [6.07, 6.45) is 5.58. The molecule has 3 rings (SSSR count). The Labute approximate surface area is 238 Å². The molecule has 39 heavy (non-hydrogen) atoms. The first-order valence-corrected chi connectivity index (χ1v) is 15.8. The van der Waals surface area contributed by atoms with E-state index in [4.69, 9.17) is 4.74 Å². The number of nitro groups is 1. The smallest absolute Gasteiger partial charge is 0.411 e. The van der Waals surface area contributed by atoms with Gasteiger partial charge in [0.2, 0.25) is 11.8 Å². The van der Waals surface area contributed by atoms with Gasteiger partial charge in [0.05, 0.1) is 16.8 Å². The number of thioether (sulfide) groups is 2. The Morgan fingerprint density at radius 3 is 2.44 bits per heavy atom. The van der Waals surface area contributed by atoms with E-state index >= 15 is 0 Å². The van der Waals surface area contributed by atoms with E-state index in [0.717, 1.165) is 11.3 Å². The molecule has 1 aliphatic carbocycles. The largest absolute Gasteiger partial charge is 0.444 e. The summed E-state index contributed by atoms with van der Waals surface area (Å²) in [6.45, 7) is 7.13. The minimum atomic E-state index is -0.794. The molecule has 1 aromatic carbocycles. The zero-order valence-corrected chi connectivity index (χ0v) is 24.8. The number of hydrogen-bond acceptors (Lipinski definition) is 8. The van der Waals surface area contributed by atoms with E-state index in [1.54, 1.807) is 51.6 Å². The first-order chi connectivity index (χ1) is 18.4. The van der Waals surface area contributed by atoms with Gasteiger partial charge >= 0.3 is 6.09 Å². The Morgan fingerprint density at radius 1 is 1.15 bits per heavy atom. The Hall–Kier alpha value is -2.47. The lowest BCUT2D eigenvalue weighted by atomic mass is 9.91. The molecule has 0 spiro atoms. The Kier molecular flexibility index (Phi) is 11.3. The second kappa shape index (κ2) is 14.2. The lowest BCUT2D eigenvalue weighted by Gasteiger charge is -2.29. The molecule has 216 valence electrons. The van der Waals surface area contributed by atoms with Crippen molar-refractivity contribution in [3.63, 3.8) is 0 Å². The van der Waals surface area contributed by atoms with Crippen LogP contribution in [0.5, 0.6) is 0 Å². The minimum absolute atomic E-state index is 0.0227. The molecule has 1 aliphatic heterocycles. The maximum Gasteiger partial charge on any atom is 0.411 e. The summed E-state index contributed by atoms with van der Waals surface area (Å²) in [5, 5.41) is 16.8. The van der Waals surface area contributed by atoms with E-state index in [2.05, 4.69) is 10.6 Å². The van der Waals surface area contributed by atoms with Crippen molar-refractivity contribution in [2.75, 3.05) is 23.1 Å². The third-order valence-electron chi connectivity index (χ3n) is 6.77. The van der Waals surface area contributed by atoms with Gasteiger partial charge in [-0.1, -0.05) is 31.4 Å². The van der Waals surface area contributed by atoms with Crippen molar-refractivity contribution in [1.29, 1.82) is 0 Å². The van der Waals surface area contributed by atoms with Crippen molar-refractivity contribution in [3.8, 4) is 0 Å². The second-order valence-electron chi connectivity index (χ2n) is 11.1. The number of amides is 3. The van der Waals surface area contributed by atoms with Gasteiger partial charge in [-0.05, 0) is 57.8 Å². The number of nitrogens with one attached hydrogen (secondary N) is 2. The van der Waals surface area contributed by atoms with Crippen molar-refractivity contribution >= 4 is 47.1 Å². The first kappa shape index (κ1) is 31.1. The van der Waals surface area contributed by atoms with E-state index in [-0.39, 0.29) is 17.5 Å². The summed E-state index contributed by atoms with van der Waals surface area (Å²) in [6, 6.07) is 4.10. The van der Waals surface area contributed by atoms with Gasteiger partial charge in [-0.2, -0.15) is 11.8 Å². The molecule has 2 aliphatic rings. The molecule has 1 aromatic rings. The molecule has 0 unspecified atom stereocenters. The highest BCUT2D eigenvalue weighted by Gasteiger charge is 2.38. The van der Waals surface area contributed by atoms with Gasteiger partial charge in [0, 0.05) is 23.6 Å². The molecule has 2 fully saturated rings. The molecule has 1 heterocycles. The molecule has 0 aromatic heterocycles. The van der Waals surface area contributed by atoms with Crippen LogP contribution in [0, 0.1) is 16.0 Å². The zero-order chi connectivity index (χ0) is 28.6. The highest BCUT2D eigenvalue weighted by atomic mass is 32.2. The van der Waals surface area contributed by atoms with Crippen LogP contribution in [0.25, 0.3) is 0 Å². The van der Waals surface area contributed by atoms with Gasteiger partial charge in [0.25, 0.3) is 5.69 Å². The van der Waals surface area contributed by atoms with Gasteiger partial charge in [-0.25, -0.2) is 4.79 Å². The van der Waals surface area contributed by atoms with Crippen LogP contribution < -0.4 is 10.6 Å². The summed E-state index contributed by atoms with van der Waals surface area (Å²) in [4.78, 5) is 51.3. The van der Waals surface area contributed by atoms with Crippen molar-refractivity contribution in [2.45, 2.75) is 83.5 Å². The second-order valence-corrected chi connectivity index (χ2v) is 13.2. The van der Waals surface area contributed by atoms with Crippen LogP contribution in [-0.4, -0.2) is 68.6 Å². The maximum atomic E-state index is 13.4. The predicted octanol–water partition coefficient (Wildman–Crippen LogP) is 4.88. The number of non-ortho nitro benzene ring substituents is 1. The quantitative estimate of drug-likeness (QED) is 0.296. The van der Waals surface area contributed by atoms with Crippen LogP contribution in [-0.2, 0) is 14.3 Å². The first-order valence-electron chi connectivity index (χ1n) is 13.4. The van der Waals surface area contributed by atoms with E-state index in [1.807, 2.05) is 0 Å². The number of rotatable bonds is 10. The van der Waals surface area contributed by atoms with Crippen LogP contribution in [0.15, 0.2) is 24.3 Å². The van der Waals surface area contributed by atoms with E-state index in [9.17, 15) is 24.5 Å². The molecule has 1 saturated carbocycles. The third-order valence-corrected chi connectivity index (χ3v) is 9.06. The molecule has 0 radical (unpaired) electrons. The van der Waals surface area contributed by atoms with Crippen LogP contribution in [0.2, 0.25) is 0 Å². The molecule has 3 atom stereocenters. The molecule has 10 nitrogen and oxygen atoms in total. The van der Waals surface area contributed by atoms with Crippen LogP contribution in [0.4, 0.5) is 10.5 Å². The fourth-order valence-electron chi connectivity index (χ4n) is 4.60. The van der Waals surface area contributed by atoms with E-state index in [0.29, 0.717) is 23.3 Å². The summed E-state index contributed by atoms with van der Waals surface area (Å²) in [5.74, 6) is 2.02. The van der Waals surface area contributed by atoms with Crippen LogP contribution in [0.3, 0.4) is 0 Å². The number of nitro benzene ring substituents is 1. The van der Waals surface area contributed by atoms with Gasteiger partial charge in [-0.3, -0.25) is 24.6 Å². The summed E-state index contributed by atoms with van der Waals surface area (Å²) < 4.78 is 5.48. The van der Waals surface area contributed by atoms with Gasteiger partial charge in [0.1, 0.15) is 17.7 Å². The fourth-order valence-corrected chi connectivity index (χ4v) is 7.01. The molecule has 1 saturated heterocycles. The van der Waals surface area contributed by atoms with Gasteiger partial charge in [-0.15, -0.1) is 11.8 Å². The highest BCUT2D eigenvalue weighted by Crippen LogP contribution is 2.28.